The number of rotatable bonds is 5. The monoisotopic (exact) mass is 296 g/mol. The van der Waals surface area contributed by atoms with Crippen molar-refractivity contribution in [3.63, 3.8) is 0 Å². The fourth-order valence-corrected chi connectivity index (χ4v) is 4.71. The van der Waals surface area contributed by atoms with Crippen molar-refractivity contribution in [3.8, 4) is 0 Å². The van der Waals surface area contributed by atoms with Gasteiger partial charge in [0.25, 0.3) is 0 Å². The molecular weight excluding hydrogens is 260 g/mol. The topological polar surface area (TPSA) is 38.5 Å². The van der Waals surface area contributed by atoms with Crippen LogP contribution in [-0.4, -0.2) is 42.8 Å². The number of likely N-dealkylation sites (tertiary alicyclic amines) is 1. The fourth-order valence-electron chi connectivity index (χ4n) is 4.71. The average Bonchev–Trinajstić information content (AvgIpc) is 2.47. The van der Waals surface area contributed by atoms with Gasteiger partial charge in [-0.25, -0.2) is 0 Å². The highest BCUT2D eigenvalue weighted by Gasteiger charge is 2.44. The number of nitrogens with two attached hydrogens (primary N) is 1. The third kappa shape index (κ3) is 4.00. The van der Waals surface area contributed by atoms with Crippen LogP contribution in [-0.2, 0) is 4.74 Å². The minimum atomic E-state index is 0.0193. The van der Waals surface area contributed by atoms with Crippen LogP contribution in [0.15, 0.2) is 0 Å². The van der Waals surface area contributed by atoms with Crippen LogP contribution in [0.25, 0.3) is 0 Å². The Hall–Kier alpha value is -0.120. The van der Waals surface area contributed by atoms with Crippen LogP contribution in [0.4, 0.5) is 0 Å². The predicted molar refractivity (Wildman–Crippen MR) is 89.4 cm³/mol. The number of nitrogens with zero attached hydrogens (tertiary/aromatic N) is 1. The summed E-state index contributed by atoms with van der Waals surface area (Å²) < 4.78 is 5.80. The van der Waals surface area contributed by atoms with Crippen LogP contribution in [0.1, 0.15) is 65.7 Å². The third-order valence-electron chi connectivity index (χ3n) is 5.93. The van der Waals surface area contributed by atoms with Crippen LogP contribution in [0.3, 0.4) is 0 Å². The van der Waals surface area contributed by atoms with Crippen molar-refractivity contribution in [2.75, 3.05) is 26.7 Å². The molecule has 2 fully saturated rings. The summed E-state index contributed by atoms with van der Waals surface area (Å²) in [5, 5.41) is 0. The zero-order valence-electron chi connectivity index (χ0n) is 14.7. The maximum atomic E-state index is 6.31. The number of ether oxygens (including phenoxy) is 1. The first kappa shape index (κ1) is 17.2. The Bertz CT molecular complexity index is 333. The van der Waals surface area contributed by atoms with Gasteiger partial charge in [-0.1, -0.05) is 26.7 Å². The molecule has 1 aliphatic carbocycles. The standard InChI is InChI=1S/C18H36N2O/c1-15(2)11-16-7-5-9-18(12-16,13-19)20-10-6-8-17(3,14-20)21-4/h15-16H,5-14,19H2,1-4H3. The van der Waals surface area contributed by atoms with Gasteiger partial charge in [0.1, 0.15) is 0 Å². The molecule has 0 aromatic heterocycles. The summed E-state index contributed by atoms with van der Waals surface area (Å²) in [6.45, 7) is 10.0. The highest BCUT2D eigenvalue weighted by molar-refractivity contribution is 5.00. The lowest BCUT2D eigenvalue weighted by atomic mass is 9.71. The number of hydrogen-bond donors (Lipinski definition) is 1. The Morgan fingerprint density at radius 3 is 2.67 bits per heavy atom. The van der Waals surface area contributed by atoms with Crippen LogP contribution in [0.5, 0.6) is 0 Å². The summed E-state index contributed by atoms with van der Waals surface area (Å²) in [5.41, 5.74) is 6.56. The molecular formula is C18H36N2O. The van der Waals surface area contributed by atoms with Crippen LogP contribution in [0, 0.1) is 11.8 Å². The Labute approximate surface area is 131 Å². The molecule has 21 heavy (non-hydrogen) atoms. The van der Waals surface area contributed by atoms with Crippen LogP contribution in [0.2, 0.25) is 0 Å². The van der Waals surface area contributed by atoms with Gasteiger partial charge in [0.05, 0.1) is 5.60 Å². The molecule has 0 aromatic carbocycles. The molecule has 1 aliphatic heterocycles. The van der Waals surface area contributed by atoms with Gasteiger partial charge in [0, 0.05) is 25.7 Å². The van der Waals surface area contributed by atoms with Gasteiger partial charge in [-0.05, 0) is 57.4 Å². The molecule has 2 aliphatic rings. The van der Waals surface area contributed by atoms with Gasteiger partial charge < -0.3 is 10.5 Å². The normalized spacial score (nSPS) is 38.9. The second-order valence-corrected chi connectivity index (χ2v) is 8.20. The fraction of sp³-hybridized carbons (Fsp3) is 1.00. The van der Waals surface area contributed by atoms with Gasteiger partial charge in [0.15, 0.2) is 0 Å². The van der Waals surface area contributed by atoms with E-state index < -0.39 is 0 Å². The molecule has 3 nitrogen and oxygen atoms in total. The molecule has 3 unspecified atom stereocenters. The van der Waals surface area contributed by atoms with Crippen LogP contribution >= 0.6 is 0 Å². The smallest absolute Gasteiger partial charge is 0.0777 e. The van der Waals surface area contributed by atoms with Crippen LogP contribution < -0.4 is 5.73 Å². The molecule has 1 heterocycles. The SMILES string of the molecule is COC1(C)CCCN(C2(CN)CCCC(CC(C)C)C2)C1. The van der Waals surface area contributed by atoms with E-state index in [9.17, 15) is 0 Å². The molecule has 1 saturated carbocycles. The summed E-state index contributed by atoms with van der Waals surface area (Å²) in [5.74, 6) is 1.66. The van der Waals surface area contributed by atoms with Crippen molar-refractivity contribution in [3.05, 3.63) is 0 Å². The molecule has 3 atom stereocenters. The molecule has 0 radical (unpaired) electrons. The summed E-state index contributed by atoms with van der Waals surface area (Å²) in [7, 11) is 1.86. The van der Waals surface area contributed by atoms with Crippen molar-refractivity contribution in [2.24, 2.45) is 17.6 Å². The van der Waals surface area contributed by atoms with E-state index in [0.717, 1.165) is 24.9 Å². The van der Waals surface area contributed by atoms with E-state index in [1.165, 1.54) is 51.5 Å². The van der Waals surface area contributed by atoms with E-state index in [2.05, 4.69) is 25.7 Å². The molecule has 124 valence electrons. The summed E-state index contributed by atoms with van der Waals surface area (Å²) in [6.07, 6.45) is 9.08. The van der Waals surface area contributed by atoms with E-state index in [1.54, 1.807) is 0 Å². The van der Waals surface area contributed by atoms with Crippen molar-refractivity contribution in [1.82, 2.24) is 4.90 Å². The number of piperidine rings is 1. The first-order valence-electron chi connectivity index (χ1n) is 8.93. The average molecular weight is 296 g/mol. The largest absolute Gasteiger partial charge is 0.377 e. The zero-order valence-corrected chi connectivity index (χ0v) is 14.7. The lowest BCUT2D eigenvalue weighted by Gasteiger charge is -2.53. The molecule has 3 heteroatoms. The van der Waals surface area contributed by atoms with Crippen molar-refractivity contribution in [1.29, 1.82) is 0 Å². The second kappa shape index (κ2) is 6.97. The van der Waals surface area contributed by atoms with Gasteiger partial charge in [-0.15, -0.1) is 0 Å². The van der Waals surface area contributed by atoms with E-state index in [1.807, 2.05) is 7.11 Å². The second-order valence-electron chi connectivity index (χ2n) is 8.20. The molecule has 2 rings (SSSR count). The van der Waals surface area contributed by atoms with Gasteiger partial charge in [-0.3, -0.25) is 4.90 Å². The predicted octanol–water partition coefficient (Wildman–Crippen LogP) is 3.42. The maximum Gasteiger partial charge on any atom is 0.0777 e. The molecule has 0 spiro atoms. The Balaban J connectivity index is 2.09. The highest BCUT2D eigenvalue weighted by atomic mass is 16.5. The lowest BCUT2D eigenvalue weighted by molar-refractivity contribution is -0.0918. The van der Waals surface area contributed by atoms with Gasteiger partial charge in [-0.2, -0.15) is 0 Å². The number of methoxy groups -OCH3 is 1. The molecule has 0 aromatic rings. The Morgan fingerprint density at radius 2 is 2.05 bits per heavy atom. The van der Waals surface area contributed by atoms with Crippen molar-refractivity contribution in [2.45, 2.75) is 76.9 Å². The first-order valence-corrected chi connectivity index (χ1v) is 8.93. The molecule has 0 amide bonds. The van der Waals surface area contributed by atoms with E-state index >= 15 is 0 Å². The van der Waals surface area contributed by atoms with Crippen molar-refractivity contribution < 1.29 is 4.74 Å². The summed E-state index contributed by atoms with van der Waals surface area (Å²) >= 11 is 0. The summed E-state index contributed by atoms with van der Waals surface area (Å²) in [4.78, 5) is 2.69. The van der Waals surface area contributed by atoms with E-state index in [4.69, 9.17) is 10.5 Å². The minimum Gasteiger partial charge on any atom is -0.377 e. The highest BCUT2D eigenvalue weighted by Crippen LogP contribution is 2.41. The molecule has 1 saturated heterocycles. The Morgan fingerprint density at radius 1 is 1.29 bits per heavy atom. The molecule has 0 bridgehead atoms. The third-order valence-corrected chi connectivity index (χ3v) is 5.93. The van der Waals surface area contributed by atoms with Crippen molar-refractivity contribution >= 4 is 0 Å². The summed E-state index contributed by atoms with van der Waals surface area (Å²) in [6, 6.07) is 0. The number of hydrogen-bond acceptors (Lipinski definition) is 3. The van der Waals surface area contributed by atoms with Gasteiger partial charge >= 0.3 is 0 Å². The molecule has 2 N–H and O–H groups in total. The minimum absolute atomic E-state index is 0.0193. The van der Waals surface area contributed by atoms with Gasteiger partial charge in [0.2, 0.25) is 0 Å². The Kier molecular flexibility index (Phi) is 5.72. The quantitative estimate of drug-likeness (QED) is 0.845. The zero-order chi connectivity index (χ0) is 15.5. The first-order chi connectivity index (χ1) is 9.93. The lowest BCUT2D eigenvalue weighted by Crippen LogP contribution is -2.62. The van der Waals surface area contributed by atoms with E-state index in [0.29, 0.717) is 0 Å². The van der Waals surface area contributed by atoms with E-state index in [-0.39, 0.29) is 11.1 Å². The maximum absolute atomic E-state index is 6.31.